The second kappa shape index (κ2) is 11.5. The maximum absolute atomic E-state index is 12.0. The smallest absolute Gasteiger partial charge is 0.407 e. The fraction of sp³-hybridized carbons (Fsp3) is 0.318. The zero-order valence-electron chi connectivity index (χ0n) is 16.8. The average molecular weight is 444 g/mol. The molecule has 0 saturated carbocycles. The molecular weight excluding hydrogens is 418 g/mol. The number of nitrogens with zero attached hydrogens (tertiary/aromatic N) is 1. The van der Waals surface area contributed by atoms with Crippen LogP contribution in [0.2, 0.25) is 0 Å². The standard InChI is InChI=1S/C22H25N3O3S2/c1-16-25-19(15-29-16)20-10-9-18(30-20)11-13-23-21(26)8-5-12-24-22(27)28-14-17-6-3-2-4-7-17/h2-4,6-7,9-10,15H,5,8,11-14H2,1H3,(H,23,26)(H,24,27). The van der Waals surface area contributed by atoms with Gasteiger partial charge in [-0.15, -0.1) is 22.7 Å². The van der Waals surface area contributed by atoms with E-state index in [1.165, 1.54) is 4.88 Å². The van der Waals surface area contributed by atoms with Crippen LogP contribution >= 0.6 is 22.7 Å². The average Bonchev–Trinajstić information content (AvgIpc) is 3.39. The minimum absolute atomic E-state index is 0.0126. The van der Waals surface area contributed by atoms with Gasteiger partial charge in [0.15, 0.2) is 0 Å². The van der Waals surface area contributed by atoms with Gasteiger partial charge in [0, 0.05) is 29.8 Å². The highest BCUT2D eigenvalue weighted by molar-refractivity contribution is 7.16. The maximum atomic E-state index is 12.0. The number of amides is 2. The van der Waals surface area contributed by atoms with Gasteiger partial charge in [-0.05, 0) is 37.5 Å². The van der Waals surface area contributed by atoms with Crippen LogP contribution in [0.5, 0.6) is 0 Å². The highest BCUT2D eigenvalue weighted by Gasteiger charge is 2.07. The summed E-state index contributed by atoms with van der Waals surface area (Å²) in [5.41, 5.74) is 1.96. The van der Waals surface area contributed by atoms with E-state index in [0.29, 0.717) is 25.9 Å². The number of benzene rings is 1. The SMILES string of the molecule is Cc1nc(-c2ccc(CCNC(=O)CCCNC(=O)OCc3ccccc3)s2)cs1. The first-order valence-electron chi connectivity index (χ1n) is 9.82. The largest absolute Gasteiger partial charge is 0.445 e. The summed E-state index contributed by atoms with van der Waals surface area (Å²) in [7, 11) is 0. The van der Waals surface area contributed by atoms with Gasteiger partial charge < -0.3 is 15.4 Å². The van der Waals surface area contributed by atoms with Crippen LogP contribution in [0.15, 0.2) is 47.8 Å². The van der Waals surface area contributed by atoms with E-state index in [1.807, 2.05) is 37.3 Å². The Balaban J connectivity index is 1.25. The quantitative estimate of drug-likeness (QED) is 0.451. The summed E-state index contributed by atoms with van der Waals surface area (Å²) in [5.74, 6) is -0.0126. The Kier molecular flexibility index (Phi) is 8.41. The van der Waals surface area contributed by atoms with Gasteiger partial charge in [-0.3, -0.25) is 4.79 Å². The molecule has 3 rings (SSSR count). The van der Waals surface area contributed by atoms with Crippen LogP contribution in [0.3, 0.4) is 0 Å². The predicted octanol–water partition coefficient (Wildman–Crippen LogP) is 4.55. The van der Waals surface area contributed by atoms with Crippen molar-refractivity contribution in [2.24, 2.45) is 0 Å². The number of thiazole rings is 1. The topological polar surface area (TPSA) is 80.3 Å². The van der Waals surface area contributed by atoms with Crippen molar-refractivity contribution >= 4 is 34.7 Å². The lowest BCUT2D eigenvalue weighted by atomic mass is 10.2. The number of aromatic nitrogens is 1. The van der Waals surface area contributed by atoms with Crippen molar-refractivity contribution in [3.63, 3.8) is 0 Å². The summed E-state index contributed by atoms with van der Waals surface area (Å²) in [5, 5.41) is 8.72. The van der Waals surface area contributed by atoms with E-state index in [9.17, 15) is 9.59 Å². The van der Waals surface area contributed by atoms with Crippen molar-refractivity contribution in [2.45, 2.75) is 32.8 Å². The van der Waals surface area contributed by atoms with Gasteiger partial charge >= 0.3 is 6.09 Å². The monoisotopic (exact) mass is 443 g/mol. The molecule has 8 heteroatoms. The predicted molar refractivity (Wildman–Crippen MR) is 121 cm³/mol. The Morgan fingerprint density at radius 3 is 2.67 bits per heavy atom. The minimum atomic E-state index is -0.469. The number of hydrogen-bond acceptors (Lipinski definition) is 6. The normalized spacial score (nSPS) is 10.6. The van der Waals surface area contributed by atoms with Crippen LogP contribution in [0.1, 0.15) is 28.3 Å². The summed E-state index contributed by atoms with van der Waals surface area (Å²) in [6, 6.07) is 13.7. The van der Waals surface area contributed by atoms with Crippen molar-refractivity contribution in [1.29, 1.82) is 0 Å². The molecule has 2 heterocycles. The third-order valence-electron chi connectivity index (χ3n) is 4.29. The molecule has 0 atom stereocenters. The highest BCUT2D eigenvalue weighted by Crippen LogP contribution is 2.29. The van der Waals surface area contributed by atoms with Crippen molar-refractivity contribution in [2.75, 3.05) is 13.1 Å². The first-order valence-corrected chi connectivity index (χ1v) is 11.5. The lowest BCUT2D eigenvalue weighted by molar-refractivity contribution is -0.121. The van der Waals surface area contributed by atoms with E-state index in [1.54, 1.807) is 22.7 Å². The zero-order chi connectivity index (χ0) is 21.2. The number of alkyl carbamates (subject to hydrolysis) is 1. The molecule has 6 nitrogen and oxygen atoms in total. The maximum Gasteiger partial charge on any atom is 0.407 e. The van der Waals surface area contributed by atoms with Crippen LogP contribution < -0.4 is 10.6 Å². The molecule has 0 aliphatic carbocycles. The third kappa shape index (κ3) is 7.27. The molecule has 0 aliphatic rings. The fourth-order valence-corrected chi connectivity index (χ4v) is 4.41. The number of aryl methyl sites for hydroxylation is 1. The summed E-state index contributed by atoms with van der Waals surface area (Å²) >= 11 is 3.36. The van der Waals surface area contributed by atoms with Crippen molar-refractivity contribution in [1.82, 2.24) is 15.6 Å². The number of nitrogens with one attached hydrogen (secondary N) is 2. The van der Waals surface area contributed by atoms with E-state index in [-0.39, 0.29) is 12.5 Å². The minimum Gasteiger partial charge on any atom is -0.445 e. The van der Waals surface area contributed by atoms with Crippen LogP contribution in [0, 0.1) is 6.92 Å². The second-order valence-corrected chi connectivity index (χ2v) is 8.94. The first-order chi connectivity index (χ1) is 14.6. The molecule has 0 saturated heterocycles. The van der Waals surface area contributed by atoms with Crippen molar-refractivity contribution in [3.8, 4) is 10.6 Å². The van der Waals surface area contributed by atoms with Gasteiger partial charge in [0.25, 0.3) is 0 Å². The second-order valence-electron chi connectivity index (χ2n) is 6.71. The molecule has 158 valence electrons. The van der Waals surface area contributed by atoms with Gasteiger partial charge in [0.1, 0.15) is 6.61 Å². The Morgan fingerprint density at radius 1 is 1.07 bits per heavy atom. The molecule has 30 heavy (non-hydrogen) atoms. The lowest BCUT2D eigenvalue weighted by Gasteiger charge is -2.07. The molecule has 3 aromatic rings. The number of carbonyl (C=O) groups is 2. The van der Waals surface area contributed by atoms with E-state index < -0.39 is 6.09 Å². The molecule has 0 fully saturated rings. The molecule has 0 unspecified atom stereocenters. The number of rotatable bonds is 10. The number of ether oxygens (including phenoxy) is 1. The first kappa shape index (κ1) is 22.0. The summed E-state index contributed by atoms with van der Waals surface area (Å²) in [6.45, 7) is 3.24. The lowest BCUT2D eigenvalue weighted by Crippen LogP contribution is -2.28. The summed E-state index contributed by atoms with van der Waals surface area (Å²) < 4.78 is 5.13. The number of carbonyl (C=O) groups excluding carboxylic acids is 2. The van der Waals surface area contributed by atoms with E-state index in [4.69, 9.17) is 4.74 Å². The Hall–Kier alpha value is -2.71. The fourth-order valence-electron chi connectivity index (χ4n) is 2.75. The van der Waals surface area contributed by atoms with E-state index in [0.717, 1.165) is 27.6 Å². The molecule has 0 radical (unpaired) electrons. The van der Waals surface area contributed by atoms with Gasteiger partial charge in [0.2, 0.25) is 5.91 Å². The summed E-state index contributed by atoms with van der Waals surface area (Å²) in [4.78, 5) is 30.5. The summed E-state index contributed by atoms with van der Waals surface area (Å²) in [6.07, 6.45) is 1.26. The van der Waals surface area contributed by atoms with Crippen molar-refractivity contribution < 1.29 is 14.3 Å². The van der Waals surface area contributed by atoms with Crippen LogP contribution in [-0.4, -0.2) is 30.1 Å². The van der Waals surface area contributed by atoms with Crippen molar-refractivity contribution in [3.05, 3.63) is 63.3 Å². The van der Waals surface area contributed by atoms with Gasteiger partial charge in [-0.1, -0.05) is 30.3 Å². The Bertz CT molecular complexity index is 953. The Labute approximate surface area is 184 Å². The van der Waals surface area contributed by atoms with Crippen LogP contribution in [0.25, 0.3) is 10.6 Å². The highest BCUT2D eigenvalue weighted by atomic mass is 32.1. The third-order valence-corrected chi connectivity index (χ3v) is 6.23. The van der Waals surface area contributed by atoms with Crippen LogP contribution in [-0.2, 0) is 22.6 Å². The molecule has 2 aromatic heterocycles. The molecule has 0 bridgehead atoms. The zero-order valence-corrected chi connectivity index (χ0v) is 18.5. The van der Waals surface area contributed by atoms with Crippen LogP contribution in [0.4, 0.5) is 4.79 Å². The molecule has 0 spiro atoms. The van der Waals surface area contributed by atoms with Gasteiger partial charge in [-0.25, -0.2) is 9.78 Å². The van der Waals surface area contributed by atoms with E-state index in [2.05, 4.69) is 33.1 Å². The van der Waals surface area contributed by atoms with Gasteiger partial charge in [0.05, 0.1) is 15.6 Å². The number of hydrogen-bond donors (Lipinski definition) is 2. The molecule has 1 aromatic carbocycles. The molecular formula is C22H25N3O3S2. The van der Waals surface area contributed by atoms with E-state index >= 15 is 0 Å². The Morgan fingerprint density at radius 2 is 1.90 bits per heavy atom. The van der Waals surface area contributed by atoms with Gasteiger partial charge in [-0.2, -0.15) is 0 Å². The molecule has 0 aliphatic heterocycles. The molecule has 2 amide bonds. The molecule has 2 N–H and O–H groups in total. The number of thiophene rings is 1.